The summed E-state index contributed by atoms with van der Waals surface area (Å²) >= 11 is 1.81. The van der Waals surface area contributed by atoms with E-state index < -0.39 is 0 Å². The third kappa shape index (κ3) is 3.43. The van der Waals surface area contributed by atoms with Gasteiger partial charge in [-0.25, -0.2) is 0 Å². The highest BCUT2D eigenvalue weighted by molar-refractivity contribution is 7.17. The van der Waals surface area contributed by atoms with Crippen molar-refractivity contribution in [3.63, 3.8) is 0 Å². The first-order valence-corrected chi connectivity index (χ1v) is 8.05. The van der Waals surface area contributed by atoms with Gasteiger partial charge in [0.2, 0.25) is 0 Å². The van der Waals surface area contributed by atoms with Crippen LogP contribution in [0.5, 0.6) is 5.75 Å². The fourth-order valence-corrected chi connectivity index (χ4v) is 3.39. The van der Waals surface area contributed by atoms with Crippen LogP contribution in [0.25, 0.3) is 10.1 Å². The average Bonchev–Trinajstić information content (AvgIpc) is 2.95. The monoisotopic (exact) mass is 297 g/mol. The van der Waals surface area contributed by atoms with Gasteiger partial charge >= 0.3 is 0 Å². The second-order valence-electron chi connectivity index (χ2n) is 5.07. The molecule has 0 aliphatic heterocycles. The van der Waals surface area contributed by atoms with Crippen LogP contribution in [0.4, 0.5) is 0 Å². The van der Waals surface area contributed by atoms with Gasteiger partial charge in [-0.15, -0.1) is 11.3 Å². The smallest absolute Gasteiger partial charge is 0.119 e. The first kappa shape index (κ1) is 14.1. The SMILES string of the molecule is CNC(COc1ccccc1)Cc1csc2ccccc12. The number of benzene rings is 2. The normalized spacial score (nSPS) is 12.4. The van der Waals surface area contributed by atoms with Crippen molar-refractivity contribution in [1.82, 2.24) is 5.32 Å². The van der Waals surface area contributed by atoms with Crippen molar-refractivity contribution in [1.29, 1.82) is 0 Å². The Balaban J connectivity index is 1.67. The Morgan fingerprint density at radius 1 is 1.05 bits per heavy atom. The fourth-order valence-electron chi connectivity index (χ4n) is 2.41. The minimum Gasteiger partial charge on any atom is -0.492 e. The van der Waals surface area contributed by atoms with Crippen molar-refractivity contribution in [2.75, 3.05) is 13.7 Å². The van der Waals surface area contributed by atoms with E-state index in [2.05, 4.69) is 35.0 Å². The quantitative estimate of drug-likeness (QED) is 0.739. The lowest BCUT2D eigenvalue weighted by Crippen LogP contribution is -2.33. The van der Waals surface area contributed by atoms with Gasteiger partial charge in [0, 0.05) is 10.7 Å². The minimum absolute atomic E-state index is 0.309. The van der Waals surface area contributed by atoms with E-state index in [9.17, 15) is 0 Å². The van der Waals surface area contributed by atoms with Gasteiger partial charge in [0.05, 0.1) is 0 Å². The van der Waals surface area contributed by atoms with E-state index in [4.69, 9.17) is 4.74 Å². The van der Waals surface area contributed by atoms with Gasteiger partial charge in [-0.1, -0.05) is 36.4 Å². The second-order valence-corrected chi connectivity index (χ2v) is 5.98. The van der Waals surface area contributed by atoms with Gasteiger partial charge in [-0.2, -0.15) is 0 Å². The summed E-state index contributed by atoms with van der Waals surface area (Å²) in [6.07, 6.45) is 0.980. The van der Waals surface area contributed by atoms with Crippen molar-refractivity contribution in [3.8, 4) is 5.75 Å². The maximum atomic E-state index is 5.86. The Hall–Kier alpha value is -1.84. The number of para-hydroxylation sites is 1. The lowest BCUT2D eigenvalue weighted by Gasteiger charge is -2.17. The number of hydrogen-bond donors (Lipinski definition) is 1. The summed E-state index contributed by atoms with van der Waals surface area (Å²) in [5, 5.41) is 6.98. The topological polar surface area (TPSA) is 21.3 Å². The zero-order valence-corrected chi connectivity index (χ0v) is 12.9. The molecule has 1 heterocycles. The molecular formula is C18H19NOS. The number of hydrogen-bond acceptors (Lipinski definition) is 3. The molecule has 0 fully saturated rings. The molecule has 3 rings (SSSR count). The Kier molecular flexibility index (Phi) is 4.53. The molecule has 0 aliphatic rings. The fraction of sp³-hybridized carbons (Fsp3) is 0.222. The molecular weight excluding hydrogens is 278 g/mol. The molecule has 21 heavy (non-hydrogen) atoms. The highest BCUT2D eigenvalue weighted by atomic mass is 32.1. The summed E-state index contributed by atoms with van der Waals surface area (Å²) in [4.78, 5) is 0. The van der Waals surface area contributed by atoms with Crippen molar-refractivity contribution in [2.45, 2.75) is 12.5 Å². The maximum absolute atomic E-state index is 5.86. The van der Waals surface area contributed by atoms with E-state index in [1.807, 2.05) is 48.7 Å². The van der Waals surface area contributed by atoms with Crippen LogP contribution < -0.4 is 10.1 Å². The summed E-state index contributed by atoms with van der Waals surface area (Å²) in [5.41, 5.74) is 1.40. The van der Waals surface area contributed by atoms with Crippen LogP contribution in [0.3, 0.4) is 0 Å². The molecule has 1 atom stereocenters. The summed E-state index contributed by atoms with van der Waals surface area (Å²) in [6.45, 7) is 0.671. The van der Waals surface area contributed by atoms with Gasteiger partial charge in [-0.05, 0) is 48.0 Å². The predicted molar refractivity (Wildman–Crippen MR) is 90.3 cm³/mol. The van der Waals surface area contributed by atoms with Crippen LogP contribution in [0, 0.1) is 0 Å². The summed E-state index contributed by atoms with van der Waals surface area (Å²) in [5.74, 6) is 0.924. The molecule has 1 aromatic heterocycles. The summed E-state index contributed by atoms with van der Waals surface area (Å²) in [6, 6.07) is 18.9. The second kappa shape index (κ2) is 6.74. The number of likely N-dealkylation sites (N-methyl/N-ethyl adjacent to an activating group) is 1. The minimum atomic E-state index is 0.309. The van der Waals surface area contributed by atoms with Crippen LogP contribution >= 0.6 is 11.3 Å². The van der Waals surface area contributed by atoms with Crippen LogP contribution in [-0.2, 0) is 6.42 Å². The summed E-state index contributed by atoms with van der Waals surface area (Å²) < 4.78 is 7.21. The van der Waals surface area contributed by atoms with E-state index in [1.165, 1.54) is 15.6 Å². The molecule has 3 aromatic rings. The number of ether oxygens (including phenoxy) is 1. The molecule has 0 saturated heterocycles. The highest BCUT2D eigenvalue weighted by Gasteiger charge is 2.11. The molecule has 108 valence electrons. The largest absolute Gasteiger partial charge is 0.492 e. The number of fused-ring (bicyclic) bond motifs is 1. The molecule has 2 nitrogen and oxygen atoms in total. The standard InChI is InChI=1S/C18H19NOS/c1-19-15(12-20-16-7-3-2-4-8-16)11-14-13-21-18-10-6-5-9-17(14)18/h2-10,13,15,19H,11-12H2,1H3. The Morgan fingerprint density at radius 2 is 1.81 bits per heavy atom. The van der Waals surface area contributed by atoms with Crippen LogP contribution in [0.1, 0.15) is 5.56 Å². The first-order valence-electron chi connectivity index (χ1n) is 7.17. The van der Waals surface area contributed by atoms with Crippen molar-refractivity contribution >= 4 is 21.4 Å². The van der Waals surface area contributed by atoms with Gasteiger partial charge in [0.15, 0.2) is 0 Å². The molecule has 0 amide bonds. The predicted octanol–water partition coefficient (Wildman–Crippen LogP) is 4.11. The maximum Gasteiger partial charge on any atom is 0.119 e. The van der Waals surface area contributed by atoms with Gasteiger partial charge in [0.1, 0.15) is 12.4 Å². The zero-order chi connectivity index (χ0) is 14.5. The molecule has 0 radical (unpaired) electrons. The van der Waals surface area contributed by atoms with Crippen LogP contribution in [0.2, 0.25) is 0 Å². The molecule has 3 heteroatoms. The van der Waals surface area contributed by atoms with Crippen LogP contribution in [-0.4, -0.2) is 19.7 Å². The van der Waals surface area contributed by atoms with E-state index in [-0.39, 0.29) is 0 Å². The lowest BCUT2D eigenvalue weighted by atomic mass is 10.1. The van der Waals surface area contributed by atoms with Gasteiger partial charge < -0.3 is 10.1 Å². The number of rotatable bonds is 6. The molecule has 0 bridgehead atoms. The van der Waals surface area contributed by atoms with E-state index in [1.54, 1.807) is 0 Å². The van der Waals surface area contributed by atoms with Crippen molar-refractivity contribution in [2.24, 2.45) is 0 Å². The molecule has 0 saturated carbocycles. The Bertz CT molecular complexity index is 693. The molecule has 2 aromatic carbocycles. The highest BCUT2D eigenvalue weighted by Crippen LogP contribution is 2.26. The molecule has 1 N–H and O–H groups in total. The van der Waals surface area contributed by atoms with E-state index >= 15 is 0 Å². The molecule has 0 spiro atoms. The third-order valence-electron chi connectivity index (χ3n) is 3.63. The first-order chi connectivity index (χ1) is 10.4. The zero-order valence-electron chi connectivity index (χ0n) is 12.1. The van der Waals surface area contributed by atoms with E-state index in [0.717, 1.165) is 12.2 Å². The van der Waals surface area contributed by atoms with Gasteiger partial charge in [0.25, 0.3) is 0 Å². The van der Waals surface area contributed by atoms with Crippen LogP contribution in [0.15, 0.2) is 60.0 Å². The number of nitrogens with one attached hydrogen (secondary N) is 1. The van der Waals surface area contributed by atoms with E-state index in [0.29, 0.717) is 12.6 Å². The Labute approximate surface area is 129 Å². The lowest BCUT2D eigenvalue weighted by molar-refractivity contribution is 0.270. The summed E-state index contributed by atoms with van der Waals surface area (Å²) in [7, 11) is 1.99. The van der Waals surface area contributed by atoms with Crippen molar-refractivity contribution in [3.05, 3.63) is 65.5 Å². The third-order valence-corrected chi connectivity index (χ3v) is 4.64. The van der Waals surface area contributed by atoms with Gasteiger partial charge in [-0.3, -0.25) is 0 Å². The van der Waals surface area contributed by atoms with Crippen molar-refractivity contribution < 1.29 is 4.74 Å². The average molecular weight is 297 g/mol. The molecule has 0 aliphatic carbocycles. The number of thiophene rings is 1. The molecule has 1 unspecified atom stereocenters. The Morgan fingerprint density at radius 3 is 2.62 bits per heavy atom.